The van der Waals surface area contributed by atoms with Crippen molar-refractivity contribution in [3.63, 3.8) is 0 Å². The summed E-state index contributed by atoms with van der Waals surface area (Å²) in [5, 5.41) is 3.66. The molecular formula is C21H33NO2. The van der Waals surface area contributed by atoms with E-state index in [2.05, 4.69) is 36.5 Å². The SMILES string of the molecule is CCCCNC(CCc1ccccc1)(C(=O)OCC)C1CCCC1. The van der Waals surface area contributed by atoms with Crippen molar-refractivity contribution in [2.24, 2.45) is 5.92 Å². The van der Waals surface area contributed by atoms with Crippen molar-refractivity contribution in [3.8, 4) is 0 Å². The number of benzene rings is 1. The first-order valence-electron chi connectivity index (χ1n) is 9.69. The zero-order valence-electron chi connectivity index (χ0n) is 15.4. The number of rotatable bonds is 10. The van der Waals surface area contributed by atoms with Gasteiger partial charge in [-0.25, -0.2) is 0 Å². The van der Waals surface area contributed by atoms with Crippen LogP contribution in [0.1, 0.15) is 64.4 Å². The molecule has 1 N–H and O–H groups in total. The first-order valence-corrected chi connectivity index (χ1v) is 9.69. The molecule has 1 fully saturated rings. The summed E-state index contributed by atoms with van der Waals surface area (Å²) in [5.41, 5.74) is 0.777. The number of carbonyl (C=O) groups excluding carboxylic acids is 1. The largest absolute Gasteiger partial charge is 0.465 e. The summed E-state index contributed by atoms with van der Waals surface area (Å²) >= 11 is 0. The molecule has 0 spiro atoms. The van der Waals surface area contributed by atoms with E-state index < -0.39 is 5.54 Å². The number of hydrogen-bond donors (Lipinski definition) is 1. The molecule has 24 heavy (non-hydrogen) atoms. The minimum atomic E-state index is -0.516. The van der Waals surface area contributed by atoms with E-state index in [1.165, 1.54) is 18.4 Å². The minimum Gasteiger partial charge on any atom is -0.465 e. The second-order valence-corrected chi connectivity index (χ2v) is 6.94. The van der Waals surface area contributed by atoms with E-state index in [1.807, 2.05) is 13.0 Å². The average molecular weight is 332 g/mol. The van der Waals surface area contributed by atoms with Crippen LogP contribution in [0.2, 0.25) is 0 Å². The van der Waals surface area contributed by atoms with Crippen LogP contribution in [0.15, 0.2) is 30.3 Å². The van der Waals surface area contributed by atoms with E-state index in [4.69, 9.17) is 4.74 Å². The van der Waals surface area contributed by atoms with E-state index >= 15 is 0 Å². The maximum absolute atomic E-state index is 13.0. The maximum atomic E-state index is 13.0. The van der Waals surface area contributed by atoms with Gasteiger partial charge < -0.3 is 10.1 Å². The summed E-state index contributed by atoms with van der Waals surface area (Å²) in [5.74, 6) is 0.362. The number of nitrogens with one attached hydrogen (secondary N) is 1. The minimum absolute atomic E-state index is 0.0380. The van der Waals surface area contributed by atoms with Gasteiger partial charge >= 0.3 is 5.97 Å². The Morgan fingerprint density at radius 1 is 1.21 bits per heavy atom. The Bertz CT molecular complexity index is 482. The van der Waals surface area contributed by atoms with Crippen molar-refractivity contribution in [1.29, 1.82) is 0 Å². The monoisotopic (exact) mass is 331 g/mol. The first kappa shape index (κ1) is 19.0. The van der Waals surface area contributed by atoms with E-state index in [-0.39, 0.29) is 5.97 Å². The van der Waals surface area contributed by atoms with Gasteiger partial charge in [-0.15, -0.1) is 0 Å². The molecule has 0 amide bonds. The molecule has 2 rings (SSSR count). The summed E-state index contributed by atoms with van der Waals surface area (Å²) in [6, 6.07) is 10.5. The van der Waals surface area contributed by atoms with Crippen LogP contribution in [0.25, 0.3) is 0 Å². The molecular weight excluding hydrogens is 298 g/mol. The highest BCUT2D eigenvalue weighted by atomic mass is 16.5. The normalized spacial score (nSPS) is 17.6. The summed E-state index contributed by atoms with van der Waals surface area (Å²) < 4.78 is 5.54. The standard InChI is InChI=1S/C21H33NO2/c1-3-5-17-22-21(20(23)24-4-2,19-13-9-10-14-19)16-15-18-11-7-6-8-12-18/h6-8,11-12,19,22H,3-5,9-10,13-17H2,1-2H3. The molecule has 0 radical (unpaired) electrons. The summed E-state index contributed by atoms with van der Waals surface area (Å²) in [6.07, 6.45) is 8.69. The number of carbonyl (C=O) groups is 1. The van der Waals surface area contributed by atoms with Gasteiger partial charge in [-0.1, -0.05) is 56.5 Å². The fraction of sp³-hybridized carbons (Fsp3) is 0.667. The molecule has 1 unspecified atom stereocenters. The predicted molar refractivity (Wildman–Crippen MR) is 99.0 cm³/mol. The van der Waals surface area contributed by atoms with Crippen molar-refractivity contribution >= 4 is 5.97 Å². The number of unbranched alkanes of at least 4 members (excludes halogenated alkanes) is 1. The van der Waals surface area contributed by atoms with E-state index in [0.29, 0.717) is 12.5 Å². The number of ether oxygens (including phenoxy) is 1. The third-order valence-corrected chi connectivity index (χ3v) is 5.31. The van der Waals surface area contributed by atoms with E-state index in [0.717, 1.165) is 45.1 Å². The average Bonchev–Trinajstić information content (AvgIpc) is 3.14. The zero-order chi connectivity index (χ0) is 17.3. The smallest absolute Gasteiger partial charge is 0.326 e. The molecule has 1 saturated carbocycles. The lowest BCUT2D eigenvalue weighted by molar-refractivity contribution is -0.154. The van der Waals surface area contributed by atoms with Gasteiger partial charge in [0, 0.05) is 0 Å². The van der Waals surface area contributed by atoms with Crippen molar-refractivity contribution in [1.82, 2.24) is 5.32 Å². The maximum Gasteiger partial charge on any atom is 0.326 e. The molecule has 1 aliphatic carbocycles. The van der Waals surface area contributed by atoms with Gasteiger partial charge in [0.25, 0.3) is 0 Å². The Kier molecular flexibility index (Phi) is 7.77. The molecule has 1 aromatic carbocycles. The Morgan fingerprint density at radius 3 is 2.54 bits per heavy atom. The summed E-state index contributed by atoms with van der Waals surface area (Å²) in [6.45, 7) is 5.43. The zero-order valence-corrected chi connectivity index (χ0v) is 15.4. The number of hydrogen-bond acceptors (Lipinski definition) is 3. The Labute approximate surface area is 147 Å². The lowest BCUT2D eigenvalue weighted by Gasteiger charge is -2.38. The molecule has 3 nitrogen and oxygen atoms in total. The molecule has 0 aromatic heterocycles. The van der Waals surface area contributed by atoms with Crippen LogP contribution >= 0.6 is 0 Å². The Balaban J connectivity index is 2.19. The summed E-state index contributed by atoms with van der Waals surface area (Å²) in [7, 11) is 0. The van der Waals surface area contributed by atoms with E-state index in [9.17, 15) is 4.79 Å². The highest BCUT2D eigenvalue weighted by Crippen LogP contribution is 2.38. The highest BCUT2D eigenvalue weighted by molar-refractivity contribution is 5.81. The van der Waals surface area contributed by atoms with Gasteiger partial charge in [-0.2, -0.15) is 0 Å². The predicted octanol–water partition coefficient (Wildman–Crippen LogP) is 4.50. The number of aryl methyl sites for hydroxylation is 1. The van der Waals surface area contributed by atoms with Crippen molar-refractivity contribution in [3.05, 3.63) is 35.9 Å². The molecule has 1 atom stereocenters. The van der Waals surface area contributed by atoms with Gasteiger partial charge in [0.05, 0.1) is 6.61 Å². The van der Waals surface area contributed by atoms with Gasteiger partial charge in [-0.3, -0.25) is 4.79 Å². The molecule has 3 heteroatoms. The molecule has 0 bridgehead atoms. The molecule has 1 aromatic rings. The van der Waals surface area contributed by atoms with Crippen LogP contribution in [0.4, 0.5) is 0 Å². The topological polar surface area (TPSA) is 38.3 Å². The molecule has 0 heterocycles. The van der Waals surface area contributed by atoms with Crippen molar-refractivity contribution in [2.45, 2.75) is 70.8 Å². The Morgan fingerprint density at radius 2 is 1.92 bits per heavy atom. The van der Waals surface area contributed by atoms with Gasteiger partial charge in [0.1, 0.15) is 5.54 Å². The fourth-order valence-corrected chi connectivity index (χ4v) is 3.93. The van der Waals surface area contributed by atoms with Gasteiger partial charge in [0.2, 0.25) is 0 Å². The lowest BCUT2D eigenvalue weighted by atomic mass is 9.77. The van der Waals surface area contributed by atoms with Crippen molar-refractivity contribution < 1.29 is 9.53 Å². The quantitative estimate of drug-likeness (QED) is 0.507. The van der Waals surface area contributed by atoms with Crippen LogP contribution in [0.5, 0.6) is 0 Å². The first-order chi connectivity index (χ1) is 11.7. The Hall–Kier alpha value is -1.35. The fourth-order valence-electron chi connectivity index (χ4n) is 3.93. The molecule has 0 saturated heterocycles. The van der Waals surface area contributed by atoms with Crippen LogP contribution in [-0.2, 0) is 16.0 Å². The van der Waals surface area contributed by atoms with E-state index in [1.54, 1.807) is 0 Å². The van der Waals surface area contributed by atoms with Gasteiger partial charge in [0.15, 0.2) is 0 Å². The van der Waals surface area contributed by atoms with Crippen LogP contribution < -0.4 is 5.32 Å². The van der Waals surface area contributed by atoms with Gasteiger partial charge in [-0.05, 0) is 57.1 Å². The van der Waals surface area contributed by atoms with Crippen LogP contribution in [-0.4, -0.2) is 24.7 Å². The summed E-state index contributed by atoms with van der Waals surface area (Å²) in [4.78, 5) is 13.0. The molecule has 0 aliphatic heterocycles. The third kappa shape index (κ3) is 4.83. The third-order valence-electron chi connectivity index (χ3n) is 5.31. The van der Waals surface area contributed by atoms with Crippen LogP contribution in [0, 0.1) is 5.92 Å². The second-order valence-electron chi connectivity index (χ2n) is 6.94. The van der Waals surface area contributed by atoms with Crippen LogP contribution in [0.3, 0.4) is 0 Å². The molecule has 1 aliphatic rings. The van der Waals surface area contributed by atoms with Crippen molar-refractivity contribution in [2.75, 3.05) is 13.2 Å². The number of esters is 1. The lowest BCUT2D eigenvalue weighted by Crippen LogP contribution is -2.58. The molecule has 134 valence electrons. The second kappa shape index (κ2) is 9.83. The highest BCUT2D eigenvalue weighted by Gasteiger charge is 2.46.